The molecule has 3 heterocycles. The molecule has 3 aromatic rings. The van der Waals surface area contributed by atoms with Gasteiger partial charge < -0.3 is 14.8 Å². The SMILES string of the molecule is CN1CCC(CN=c2cc3n(-c4ccc(Cl)cc4)c4ccccc4nc-3cc2Nc2cccnc2)CC1. The van der Waals surface area contributed by atoms with Crippen molar-refractivity contribution in [3.8, 4) is 17.1 Å². The molecule has 0 saturated carbocycles. The third kappa shape index (κ3) is 5.08. The van der Waals surface area contributed by atoms with E-state index in [0.29, 0.717) is 10.9 Å². The number of piperidine rings is 1. The van der Waals surface area contributed by atoms with E-state index in [1.165, 1.54) is 12.8 Å². The summed E-state index contributed by atoms with van der Waals surface area (Å²) in [4.78, 5) is 16.9. The summed E-state index contributed by atoms with van der Waals surface area (Å²) in [6, 6.07) is 24.4. The van der Waals surface area contributed by atoms with Gasteiger partial charge in [-0.15, -0.1) is 0 Å². The standard InChI is InChI=1S/C30H29ClN6/c1-36-15-12-21(13-16-36)19-33-26-18-30-28(17-27(26)34-23-5-4-14-32-20-23)35-25-6-2-3-7-29(25)37(30)24-10-8-22(31)9-11-24/h2-11,14,17-18,20-21,34H,12-13,15-16,19H2,1H3. The summed E-state index contributed by atoms with van der Waals surface area (Å²) < 4.78 is 2.25. The van der Waals surface area contributed by atoms with Gasteiger partial charge in [-0.05, 0) is 99.6 Å². The van der Waals surface area contributed by atoms with Crippen molar-refractivity contribution in [1.82, 2.24) is 19.4 Å². The molecule has 2 aromatic carbocycles. The fourth-order valence-corrected chi connectivity index (χ4v) is 5.13. The van der Waals surface area contributed by atoms with Crippen molar-refractivity contribution in [1.29, 1.82) is 0 Å². The molecule has 0 unspecified atom stereocenters. The zero-order valence-corrected chi connectivity index (χ0v) is 21.6. The second kappa shape index (κ2) is 10.3. The fraction of sp³-hybridized carbons (Fsp3) is 0.233. The van der Waals surface area contributed by atoms with Gasteiger partial charge in [0.15, 0.2) is 0 Å². The highest BCUT2D eigenvalue weighted by Crippen LogP contribution is 2.31. The van der Waals surface area contributed by atoms with Crippen LogP contribution < -0.4 is 10.7 Å². The van der Waals surface area contributed by atoms with Crippen molar-refractivity contribution in [2.24, 2.45) is 10.9 Å². The normalized spacial score (nSPS) is 15.5. The van der Waals surface area contributed by atoms with Gasteiger partial charge in [0.2, 0.25) is 0 Å². The highest BCUT2D eigenvalue weighted by molar-refractivity contribution is 6.30. The Kier molecular flexibility index (Phi) is 6.60. The summed E-state index contributed by atoms with van der Waals surface area (Å²) in [6.07, 6.45) is 5.96. The summed E-state index contributed by atoms with van der Waals surface area (Å²) in [7, 11) is 2.19. The van der Waals surface area contributed by atoms with Crippen LogP contribution in [0.4, 0.5) is 11.4 Å². The number of aromatic nitrogens is 3. The molecule has 0 spiro atoms. The molecule has 1 aliphatic carbocycles. The molecule has 0 radical (unpaired) electrons. The van der Waals surface area contributed by atoms with Gasteiger partial charge in [-0.1, -0.05) is 23.7 Å². The van der Waals surface area contributed by atoms with Crippen LogP contribution >= 0.6 is 11.6 Å². The number of hydrogen-bond donors (Lipinski definition) is 1. The van der Waals surface area contributed by atoms with Crippen LogP contribution in [-0.2, 0) is 0 Å². The van der Waals surface area contributed by atoms with E-state index in [2.05, 4.69) is 45.0 Å². The van der Waals surface area contributed by atoms with Crippen LogP contribution in [0.5, 0.6) is 0 Å². The fourth-order valence-electron chi connectivity index (χ4n) is 5.01. The quantitative estimate of drug-likeness (QED) is 0.289. The number of anilines is 2. The Morgan fingerprint density at radius 3 is 2.59 bits per heavy atom. The lowest BCUT2D eigenvalue weighted by atomic mass is 9.97. The number of fused-ring (bicyclic) bond motifs is 2. The highest BCUT2D eigenvalue weighted by Gasteiger charge is 2.18. The van der Waals surface area contributed by atoms with Crippen molar-refractivity contribution in [3.05, 3.63) is 95.6 Å². The van der Waals surface area contributed by atoms with Crippen LogP contribution in [0.1, 0.15) is 12.8 Å². The van der Waals surface area contributed by atoms with Gasteiger partial charge in [0.05, 0.1) is 45.4 Å². The van der Waals surface area contributed by atoms with Crippen molar-refractivity contribution < 1.29 is 0 Å². The molecule has 1 fully saturated rings. The number of likely N-dealkylation sites (tertiary alicyclic amines) is 1. The van der Waals surface area contributed by atoms with Gasteiger partial charge in [-0.2, -0.15) is 0 Å². The first kappa shape index (κ1) is 23.6. The molecule has 37 heavy (non-hydrogen) atoms. The Hall–Kier alpha value is -3.74. The van der Waals surface area contributed by atoms with Gasteiger partial charge >= 0.3 is 0 Å². The molecule has 1 aromatic heterocycles. The first-order chi connectivity index (χ1) is 18.1. The minimum atomic E-state index is 0.594. The Bertz CT molecular complexity index is 1550. The van der Waals surface area contributed by atoms with Crippen LogP contribution in [-0.4, -0.2) is 46.1 Å². The van der Waals surface area contributed by atoms with Crippen molar-refractivity contribution in [2.75, 3.05) is 32.0 Å². The molecule has 6 nitrogen and oxygen atoms in total. The summed E-state index contributed by atoms with van der Waals surface area (Å²) >= 11 is 6.23. The largest absolute Gasteiger partial charge is 0.352 e. The van der Waals surface area contributed by atoms with E-state index < -0.39 is 0 Å². The summed E-state index contributed by atoms with van der Waals surface area (Å²) in [5, 5.41) is 5.18. The number of rotatable bonds is 5. The second-order valence-electron chi connectivity index (χ2n) is 9.72. The average molecular weight is 509 g/mol. The van der Waals surface area contributed by atoms with Gasteiger partial charge in [-0.3, -0.25) is 9.98 Å². The molecule has 6 rings (SSSR count). The van der Waals surface area contributed by atoms with E-state index in [1.54, 1.807) is 6.20 Å². The number of pyridine rings is 1. The van der Waals surface area contributed by atoms with Crippen molar-refractivity contribution in [3.63, 3.8) is 0 Å². The molecule has 1 saturated heterocycles. The van der Waals surface area contributed by atoms with Crippen LogP contribution in [0.25, 0.3) is 28.1 Å². The lowest BCUT2D eigenvalue weighted by Gasteiger charge is -2.27. The molecule has 1 N–H and O–H groups in total. The number of benzene rings is 3. The maximum Gasteiger partial charge on any atom is 0.0900 e. The number of nitrogens with zero attached hydrogens (tertiary/aromatic N) is 5. The van der Waals surface area contributed by atoms with E-state index in [9.17, 15) is 0 Å². The number of nitrogens with one attached hydrogen (secondary N) is 1. The zero-order valence-electron chi connectivity index (χ0n) is 20.8. The Balaban J connectivity index is 1.54. The zero-order chi connectivity index (χ0) is 25.2. The third-order valence-electron chi connectivity index (χ3n) is 7.08. The van der Waals surface area contributed by atoms with E-state index in [0.717, 1.165) is 64.5 Å². The minimum absolute atomic E-state index is 0.594. The highest BCUT2D eigenvalue weighted by atomic mass is 35.5. The Morgan fingerprint density at radius 2 is 1.81 bits per heavy atom. The molecular formula is C30H29ClN6. The number of hydrogen-bond acceptors (Lipinski definition) is 5. The van der Waals surface area contributed by atoms with Crippen molar-refractivity contribution in [2.45, 2.75) is 12.8 Å². The van der Waals surface area contributed by atoms with Gasteiger partial charge in [0.1, 0.15) is 0 Å². The Morgan fingerprint density at radius 1 is 1.00 bits per heavy atom. The monoisotopic (exact) mass is 508 g/mol. The van der Waals surface area contributed by atoms with Crippen molar-refractivity contribution >= 4 is 34.0 Å². The van der Waals surface area contributed by atoms with Gasteiger partial charge in [0, 0.05) is 23.5 Å². The van der Waals surface area contributed by atoms with E-state index in [4.69, 9.17) is 21.6 Å². The van der Waals surface area contributed by atoms with Gasteiger partial charge in [-0.25, -0.2) is 4.98 Å². The Labute approximate surface area is 221 Å². The molecule has 0 atom stereocenters. The summed E-state index contributed by atoms with van der Waals surface area (Å²) in [5.41, 5.74) is 6.73. The second-order valence-corrected chi connectivity index (χ2v) is 10.2. The predicted molar refractivity (Wildman–Crippen MR) is 151 cm³/mol. The molecular weight excluding hydrogens is 480 g/mol. The number of halogens is 1. The first-order valence-corrected chi connectivity index (χ1v) is 13.1. The van der Waals surface area contributed by atoms with Crippen LogP contribution in [0.2, 0.25) is 5.02 Å². The van der Waals surface area contributed by atoms with Crippen LogP contribution in [0.3, 0.4) is 0 Å². The average Bonchev–Trinajstić information content (AvgIpc) is 2.93. The molecule has 2 aliphatic heterocycles. The minimum Gasteiger partial charge on any atom is -0.352 e. The molecule has 186 valence electrons. The number of para-hydroxylation sites is 2. The predicted octanol–water partition coefficient (Wildman–Crippen LogP) is 6.16. The first-order valence-electron chi connectivity index (χ1n) is 12.7. The molecule has 0 bridgehead atoms. The topological polar surface area (TPSA) is 58.3 Å². The smallest absolute Gasteiger partial charge is 0.0900 e. The van der Waals surface area contributed by atoms with E-state index >= 15 is 0 Å². The maximum atomic E-state index is 6.23. The maximum absolute atomic E-state index is 6.23. The molecule has 0 amide bonds. The van der Waals surface area contributed by atoms with E-state index in [-0.39, 0.29) is 0 Å². The van der Waals surface area contributed by atoms with Crippen LogP contribution in [0.15, 0.2) is 90.2 Å². The summed E-state index contributed by atoms with van der Waals surface area (Å²) in [5.74, 6) is 0.594. The lowest BCUT2D eigenvalue weighted by molar-refractivity contribution is 0.223. The molecule has 7 heteroatoms. The molecule has 3 aliphatic rings. The van der Waals surface area contributed by atoms with Crippen LogP contribution in [0, 0.1) is 5.92 Å². The van der Waals surface area contributed by atoms with E-state index in [1.807, 2.05) is 60.8 Å². The third-order valence-corrected chi connectivity index (χ3v) is 7.33. The van der Waals surface area contributed by atoms with Gasteiger partial charge in [0.25, 0.3) is 0 Å². The lowest BCUT2D eigenvalue weighted by Crippen LogP contribution is -2.31. The summed E-state index contributed by atoms with van der Waals surface area (Å²) in [6.45, 7) is 3.07.